The van der Waals surface area contributed by atoms with Gasteiger partial charge in [0.2, 0.25) is 15.9 Å². The second-order valence-electron chi connectivity index (χ2n) is 7.85. The Balaban J connectivity index is 1.95. The summed E-state index contributed by atoms with van der Waals surface area (Å²) in [6.07, 6.45) is 5.85. The standard InChI is InChI=1S/C21H32Cl2N2O3S/c1-3-5-7-16(4-2)13-24-21(26)17-8-6-11-25(14-17)29(27,28)15-18-9-10-19(22)12-20(18)23/h9-10,12,16-17H,3-8,11,13-15H2,1-2H3,(H,24,26)/t16-,17-/m0/s1. The normalized spacial score (nSPS) is 19.1. The topological polar surface area (TPSA) is 66.5 Å². The first-order valence-corrected chi connectivity index (χ1v) is 12.8. The van der Waals surface area contributed by atoms with Crippen LogP contribution in [0.2, 0.25) is 10.0 Å². The average molecular weight is 463 g/mol. The van der Waals surface area contributed by atoms with Gasteiger partial charge >= 0.3 is 0 Å². The fraction of sp³-hybridized carbons (Fsp3) is 0.667. The first-order valence-electron chi connectivity index (χ1n) is 10.5. The highest BCUT2D eigenvalue weighted by molar-refractivity contribution is 7.88. The predicted octanol–water partition coefficient (Wildman–Crippen LogP) is 4.87. The third kappa shape index (κ3) is 7.42. The SMILES string of the molecule is CCCC[C@H](CC)CNC(=O)[C@H]1CCCN(S(=O)(=O)Cc2ccc(Cl)cc2Cl)C1. The van der Waals surface area contributed by atoms with Crippen molar-refractivity contribution in [3.05, 3.63) is 33.8 Å². The Hall–Kier alpha value is -0.820. The zero-order chi connectivity index (χ0) is 21.4. The van der Waals surface area contributed by atoms with Crippen molar-refractivity contribution in [1.82, 2.24) is 9.62 Å². The number of rotatable bonds is 10. The third-order valence-electron chi connectivity index (χ3n) is 5.61. The molecule has 1 aliphatic heterocycles. The summed E-state index contributed by atoms with van der Waals surface area (Å²) in [5, 5.41) is 3.86. The van der Waals surface area contributed by atoms with Crippen molar-refractivity contribution >= 4 is 39.1 Å². The van der Waals surface area contributed by atoms with Crippen LogP contribution in [0.1, 0.15) is 57.9 Å². The third-order valence-corrected chi connectivity index (χ3v) is 7.99. The van der Waals surface area contributed by atoms with E-state index >= 15 is 0 Å². The summed E-state index contributed by atoms with van der Waals surface area (Å²) in [4.78, 5) is 12.6. The van der Waals surface area contributed by atoms with Gasteiger partial charge in [-0.3, -0.25) is 4.79 Å². The number of hydrogen-bond donors (Lipinski definition) is 1. The molecule has 5 nitrogen and oxygen atoms in total. The van der Waals surface area contributed by atoms with Gasteiger partial charge in [-0.25, -0.2) is 12.7 Å². The molecule has 2 rings (SSSR count). The summed E-state index contributed by atoms with van der Waals surface area (Å²) >= 11 is 12.0. The molecular weight excluding hydrogens is 431 g/mol. The molecule has 1 aromatic rings. The van der Waals surface area contributed by atoms with E-state index in [-0.39, 0.29) is 24.1 Å². The van der Waals surface area contributed by atoms with Gasteiger partial charge in [-0.2, -0.15) is 0 Å². The van der Waals surface area contributed by atoms with Gasteiger partial charge in [0, 0.05) is 29.7 Å². The Labute approximate surface area is 185 Å². The average Bonchev–Trinajstić information content (AvgIpc) is 2.70. The molecule has 1 N–H and O–H groups in total. The number of carbonyl (C=O) groups is 1. The number of amides is 1. The van der Waals surface area contributed by atoms with Crippen LogP contribution in [0.5, 0.6) is 0 Å². The lowest BCUT2D eigenvalue weighted by atomic mass is 9.96. The van der Waals surface area contributed by atoms with Crippen molar-refractivity contribution in [1.29, 1.82) is 0 Å². The van der Waals surface area contributed by atoms with Gasteiger partial charge in [0.1, 0.15) is 0 Å². The molecule has 0 saturated carbocycles. The van der Waals surface area contributed by atoms with Gasteiger partial charge in [0.05, 0.1) is 11.7 Å². The van der Waals surface area contributed by atoms with E-state index in [4.69, 9.17) is 23.2 Å². The van der Waals surface area contributed by atoms with Crippen LogP contribution in [0.3, 0.4) is 0 Å². The lowest BCUT2D eigenvalue weighted by Crippen LogP contribution is -2.46. The maximum Gasteiger partial charge on any atom is 0.224 e. The highest BCUT2D eigenvalue weighted by Crippen LogP contribution is 2.26. The van der Waals surface area contributed by atoms with E-state index in [1.807, 2.05) is 0 Å². The maximum absolute atomic E-state index is 12.9. The maximum atomic E-state index is 12.9. The van der Waals surface area contributed by atoms with Crippen LogP contribution < -0.4 is 5.32 Å². The summed E-state index contributed by atoms with van der Waals surface area (Å²) < 4.78 is 27.2. The number of unbranched alkanes of at least 4 members (excludes halogenated alkanes) is 1. The lowest BCUT2D eigenvalue weighted by Gasteiger charge is -2.31. The van der Waals surface area contributed by atoms with Gasteiger partial charge in [-0.05, 0) is 42.9 Å². The quantitative estimate of drug-likeness (QED) is 0.539. The molecule has 29 heavy (non-hydrogen) atoms. The summed E-state index contributed by atoms with van der Waals surface area (Å²) in [6, 6.07) is 4.81. The van der Waals surface area contributed by atoms with Gasteiger partial charge in [0.15, 0.2) is 0 Å². The van der Waals surface area contributed by atoms with E-state index in [0.29, 0.717) is 47.5 Å². The molecule has 1 fully saturated rings. The summed E-state index contributed by atoms with van der Waals surface area (Å²) in [5.74, 6) is -0.0478. The Kier molecular flexibility index (Phi) is 9.73. The zero-order valence-corrected chi connectivity index (χ0v) is 19.6. The van der Waals surface area contributed by atoms with Crippen molar-refractivity contribution in [2.75, 3.05) is 19.6 Å². The van der Waals surface area contributed by atoms with Crippen molar-refractivity contribution in [2.45, 2.75) is 58.1 Å². The highest BCUT2D eigenvalue weighted by atomic mass is 35.5. The minimum atomic E-state index is -3.56. The fourth-order valence-electron chi connectivity index (χ4n) is 3.67. The first kappa shape index (κ1) is 24.4. The first-order chi connectivity index (χ1) is 13.8. The number of benzene rings is 1. The summed E-state index contributed by atoms with van der Waals surface area (Å²) in [5.41, 5.74) is 0.518. The predicted molar refractivity (Wildman–Crippen MR) is 120 cm³/mol. The number of sulfonamides is 1. The highest BCUT2D eigenvalue weighted by Gasteiger charge is 2.32. The van der Waals surface area contributed by atoms with Crippen LogP contribution in [-0.2, 0) is 20.6 Å². The fourth-order valence-corrected chi connectivity index (χ4v) is 5.86. The summed E-state index contributed by atoms with van der Waals surface area (Å²) in [7, 11) is -3.56. The Morgan fingerprint density at radius 3 is 2.72 bits per heavy atom. The number of nitrogens with zero attached hydrogens (tertiary/aromatic N) is 1. The van der Waals surface area contributed by atoms with Crippen LogP contribution in [0.25, 0.3) is 0 Å². The Morgan fingerprint density at radius 1 is 1.31 bits per heavy atom. The second kappa shape index (κ2) is 11.5. The minimum absolute atomic E-state index is 0.0376. The molecule has 0 aromatic heterocycles. The molecule has 1 heterocycles. The molecule has 8 heteroatoms. The molecule has 0 spiro atoms. The molecule has 0 radical (unpaired) electrons. The van der Waals surface area contributed by atoms with E-state index in [9.17, 15) is 13.2 Å². The minimum Gasteiger partial charge on any atom is -0.356 e. The van der Waals surface area contributed by atoms with Crippen molar-refractivity contribution in [2.24, 2.45) is 11.8 Å². The van der Waals surface area contributed by atoms with E-state index in [0.717, 1.165) is 25.7 Å². The van der Waals surface area contributed by atoms with Crippen LogP contribution in [0.4, 0.5) is 0 Å². The molecule has 0 aliphatic carbocycles. The van der Waals surface area contributed by atoms with Gasteiger partial charge < -0.3 is 5.32 Å². The monoisotopic (exact) mass is 462 g/mol. The van der Waals surface area contributed by atoms with Crippen LogP contribution in [0.15, 0.2) is 18.2 Å². The van der Waals surface area contributed by atoms with Gasteiger partial charge in [-0.15, -0.1) is 0 Å². The molecule has 1 saturated heterocycles. The Morgan fingerprint density at radius 2 is 2.07 bits per heavy atom. The van der Waals surface area contributed by atoms with Gasteiger partial charge in [-0.1, -0.05) is 62.4 Å². The molecular formula is C21H32Cl2N2O3S. The van der Waals surface area contributed by atoms with E-state index < -0.39 is 10.0 Å². The zero-order valence-electron chi connectivity index (χ0n) is 17.3. The number of halogens is 2. The largest absolute Gasteiger partial charge is 0.356 e. The van der Waals surface area contributed by atoms with E-state index in [1.54, 1.807) is 18.2 Å². The molecule has 1 aromatic carbocycles. The van der Waals surface area contributed by atoms with E-state index in [2.05, 4.69) is 19.2 Å². The molecule has 164 valence electrons. The van der Waals surface area contributed by atoms with Crippen LogP contribution >= 0.6 is 23.2 Å². The number of nitrogens with one attached hydrogen (secondary N) is 1. The number of carbonyl (C=O) groups excluding carboxylic acids is 1. The molecule has 1 aliphatic rings. The van der Waals surface area contributed by atoms with E-state index in [1.165, 1.54) is 4.31 Å². The van der Waals surface area contributed by atoms with Crippen molar-refractivity contribution < 1.29 is 13.2 Å². The molecule has 0 bridgehead atoms. The number of piperidine rings is 1. The van der Waals surface area contributed by atoms with Crippen molar-refractivity contribution in [3.63, 3.8) is 0 Å². The second-order valence-corrected chi connectivity index (χ2v) is 10.7. The molecule has 1 amide bonds. The molecule has 0 unspecified atom stereocenters. The molecule has 2 atom stereocenters. The lowest BCUT2D eigenvalue weighted by molar-refractivity contribution is -0.126. The van der Waals surface area contributed by atoms with Crippen molar-refractivity contribution in [3.8, 4) is 0 Å². The van der Waals surface area contributed by atoms with Gasteiger partial charge in [0.25, 0.3) is 0 Å². The Bertz CT molecular complexity index is 786. The smallest absolute Gasteiger partial charge is 0.224 e. The summed E-state index contributed by atoms with van der Waals surface area (Å²) in [6.45, 7) is 5.64. The van der Waals surface area contributed by atoms with Crippen LogP contribution in [-0.4, -0.2) is 38.3 Å². The van der Waals surface area contributed by atoms with Crippen LogP contribution in [0, 0.1) is 11.8 Å². The number of hydrogen-bond acceptors (Lipinski definition) is 3.